The molecule has 0 aromatic heterocycles. The van der Waals surface area contributed by atoms with Crippen LogP contribution in [0.4, 0.5) is 0 Å². The highest BCUT2D eigenvalue weighted by molar-refractivity contribution is 5.79. The number of aryl methyl sites for hydroxylation is 1. The third-order valence-corrected chi connectivity index (χ3v) is 5.53. The van der Waals surface area contributed by atoms with E-state index in [9.17, 15) is 0 Å². The van der Waals surface area contributed by atoms with Crippen LogP contribution < -0.4 is 24.8 Å². The summed E-state index contributed by atoms with van der Waals surface area (Å²) in [6.07, 6.45) is 1.93. The summed E-state index contributed by atoms with van der Waals surface area (Å²) >= 11 is 0. The van der Waals surface area contributed by atoms with Gasteiger partial charge >= 0.3 is 0 Å². The van der Waals surface area contributed by atoms with Crippen LogP contribution in [0.3, 0.4) is 0 Å². The van der Waals surface area contributed by atoms with Crippen molar-refractivity contribution in [1.29, 1.82) is 0 Å². The van der Waals surface area contributed by atoms with Gasteiger partial charge < -0.3 is 29.6 Å². The summed E-state index contributed by atoms with van der Waals surface area (Å²) in [5.41, 5.74) is 3.49. The van der Waals surface area contributed by atoms with Crippen molar-refractivity contribution >= 4 is 5.96 Å². The van der Waals surface area contributed by atoms with E-state index in [-0.39, 0.29) is 0 Å². The fourth-order valence-corrected chi connectivity index (χ4v) is 3.69. The molecule has 1 fully saturated rings. The highest BCUT2D eigenvalue weighted by Gasteiger charge is 2.17. The molecule has 7 heteroatoms. The third kappa shape index (κ3) is 5.82. The molecule has 1 unspecified atom stereocenters. The van der Waals surface area contributed by atoms with Crippen LogP contribution in [0.2, 0.25) is 0 Å². The van der Waals surface area contributed by atoms with Crippen molar-refractivity contribution in [2.75, 3.05) is 40.2 Å². The van der Waals surface area contributed by atoms with E-state index < -0.39 is 0 Å². The van der Waals surface area contributed by atoms with Crippen LogP contribution in [0.15, 0.2) is 41.4 Å². The zero-order chi connectivity index (χ0) is 21.5. The van der Waals surface area contributed by atoms with Gasteiger partial charge in [0.1, 0.15) is 5.75 Å². The zero-order valence-electron chi connectivity index (χ0n) is 18.3. The van der Waals surface area contributed by atoms with Crippen LogP contribution in [0, 0.1) is 12.8 Å². The summed E-state index contributed by atoms with van der Waals surface area (Å²) in [6.45, 7) is 6.10. The molecule has 0 bridgehead atoms. The number of rotatable bonds is 8. The van der Waals surface area contributed by atoms with Crippen LogP contribution in [-0.2, 0) is 17.7 Å². The smallest absolute Gasteiger partial charge is 0.231 e. The Bertz CT molecular complexity index is 910. The number of guanidine groups is 1. The van der Waals surface area contributed by atoms with Crippen molar-refractivity contribution in [1.82, 2.24) is 10.6 Å². The summed E-state index contributed by atoms with van der Waals surface area (Å²) in [5.74, 6) is 3.79. The summed E-state index contributed by atoms with van der Waals surface area (Å²) < 4.78 is 22.4. The Balaban J connectivity index is 1.27. The van der Waals surface area contributed by atoms with E-state index in [0.29, 0.717) is 25.9 Å². The van der Waals surface area contributed by atoms with Gasteiger partial charge in [0.25, 0.3) is 0 Å². The van der Waals surface area contributed by atoms with Crippen molar-refractivity contribution in [2.45, 2.75) is 26.3 Å². The fraction of sp³-hybridized carbons (Fsp3) is 0.458. The normalized spacial score (nSPS) is 17.6. The highest BCUT2D eigenvalue weighted by atomic mass is 16.7. The molecule has 2 heterocycles. The Kier molecular flexibility index (Phi) is 7.14. The molecule has 2 aliphatic rings. The molecular formula is C24H31N3O4. The van der Waals surface area contributed by atoms with Crippen LogP contribution in [0.1, 0.15) is 23.1 Å². The van der Waals surface area contributed by atoms with Crippen molar-refractivity contribution in [3.63, 3.8) is 0 Å². The first kappa shape index (κ1) is 21.3. The predicted molar refractivity (Wildman–Crippen MR) is 120 cm³/mol. The lowest BCUT2D eigenvalue weighted by Gasteiger charge is -2.17. The lowest BCUT2D eigenvalue weighted by molar-refractivity contribution is 0.166. The molecule has 0 spiro atoms. The van der Waals surface area contributed by atoms with Gasteiger partial charge in [0.15, 0.2) is 17.5 Å². The average Bonchev–Trinajstić information content (AvgIpc) is 3.47. The SMILES string of the molecule is CN=C(NCCc1ccc2c(c1)OCO2)NCc1ccc(C)cc1OCC1CCOC1. The monoisotopic (exact) mass is 425 g/mol. The molecular weight excluding hydrogens is 394 g/mol. The first-order valence-corrected chi connectivity index (χ1v) is 10.8. The van der Waals surface area contributed by atoms with Gasteiger partial charge in [0, 0.05) is 38.2 Å². The quantitative estimate of drug-likeness (QED) is 0.500. The first-order chi connectivity index (χ1) is 15.2. The van der Waals surface area contributed by atoms with E-state index in [1.807, 2.05) is 12.1 Å². The largest absolute Gasteiger partial charge is 0.493 e. The molecule has 0 saturated carbocycles. The van der Waals surface area contributed by atoms with E-state index in [1.165, 1.54) is 11.1 Å². The van der Waals surface area contributed by atoms with E-state index >= 15 is 0 Å². The number of ether oxygens (including phenoxy) is 4. The minimum atomic E-state index is 0.298. The topological polar surface area (TPSA) is 73.3 Å². The van der Waals surface area contributed by atoms with Gasteiger partial charge in [0.2, 0.25) is 6.79 Å². The highest BCUT2D eigenvalue weighted by Crippen LogP contribution is 2.32. The minimum absolute atomic E-state index is 0.298. The van der Waals surface area contributed by atoms with Gasteiger partial charge in [-0.25, -0.2) is 0 Å². The van der Waals surface area contributed by atoms with Crippen molar-refractivity contribution in [3.8, 4) is 17.2 Å². The van der Waals surface area contributed by atoms with Gasteiger partial charge in [-0.1, -0.05) is 18.2 Å². The Morgan fingerprint density at radius 1 is 1.13 bits per heavy atom. The summed E-state index contributed by atoms with van der Waals surface area (Å²) in [6, 6.07) is 12.4. The predicted octanol–water partition coefficient (Wildman–Crippen LogP) is 3.05. The Hall–Kier alpha value is -2.93. The van der Waals surface area contributed by atoms with Gasteiger partial charge in [-0.15, -0.1) is 0 Å². The number of benzene rings is 2. The molecule has 0 aliphatic carbocycles. The molecule has 7 nitrogen and oxygen atoms in total. The number of nitrogens with zero attached hydrogens (tertiary/aromatic N) is 1. The van der Waals surface area contributed by atoms with Crippen LogP contribution in [0.5, 0.6) is 17.2 Å². The summed E-state index contributed by atoms with van der Waals surface area (Å²) in [4.78, 5) is 4.34. The molecule has 1 saturated heterocycles. The van der Waals surface area contributed by atoms with E-state index in [0.717, 1.165) is 61.4 Å². The standard InChI is InChI=1S/C24H31N3O4/c1-17-3-5-20(22(11-17)29-15-19-8-10-28-14-19)13-27-24(25-2)26-9-7-18-4-6-21-23(12-18)31-16-30-21/h3-6,11-12,19H,7-10,13-16H2,1-2H3,(H2,25,26,27). The van der Waals surface area contributed by atoms with E-state index in [1.54, 1.807) is 7.05 Å². The van der Waals surface area contributed by atoms with Crippen molar-refractivity contribution in [2.24, 2.45) is 10.9 Å². The molecule has 4 rings (SSSR count). The average molecular weight is 426 g/mol. The second-order valence-electron chi connectivity index (χ2n) is 7.94. The minimum Gasteiger partial charge on any atom is -0.493 e. The van der Waals surface area contributed by atoms with Crippen molar-refractivity contribution in [3.05, 3.63) is 53.1 Å². The molecule has 2 N–H and O–H groups in total. The van der Waals surface area contributed by atoms with Crippen LogP contribution in [-0.4, -0.2) is 46.2 Å². The number of fused-ring (bicyclic) bond motifs is 1. The Morgan fingerprint density at radius 3 is 2.87 bits per heavy atom. The number of hydrogen-bond donors (Lipinski definition) is 2. The summed E-state index contributed by atoms with van der Waals surface area (Å²) in [5, 5.41) is 6.76. The van der Waals surface area contributed by atoms with E-state index in [2.05, 4.69) is 46.8 Å². The number of nitrogens with one attached hydrogen (secondary N) is 2. The molecule has 1 atom stereocenters. The van der Waals surface area contributed by atoms with E-state index in [4.69, 9.17) is 18.9 Å². The maximum Gasteiger partial charge on any atom is 0.231 e. The van der Waals surface area contributed by atoms with Crippen molar-refractivity contribution < 1.29 is 18.9 Å². The molecule has 0 amide bonds. The maximum absolute atomic E-state index is 6.14. The number of aliphatic imine (C=N–C) groups is 1. The zero-order valence-corrected chi connectivity index (χ0v) is 18.3. The van der Waals surface area contributed by atoms with Gasteiger partial charge in [-0.2, -0.15) is 0 Å². The Morgan fingerprint density at radius 2 is 2.03 bits per heavy atom. The van der Waals surface area contributed by atoms with Gasteiger partial charge in [0.05, 0.1) is 13.2 Å². The second kappa shape index (κ2) is 10.4. The lowest BCUT2D eigenvalue weighted by atomic mass is 10.1. The number of hydrogen-bond acceptors (Lipinski definition) is 5. The molecule has 31 heavy (non-hydrogen) atoms. The summed E-state index contributed by atoms with van der Waals surface area (Å²) in [7, 11) is 1.78. The Labute approximate surface area is 183 Å². The first-order valence-electron chi connectivity index (χ1n) is 10.8. The van der Waals surface area contributed by atoms with Gasteiger partial charge in [-0.05, 0) is 49.1 Å². The maximum atomic E-state index is 6.14. The second-order valence-corrected chi connectivity index (χ2v) is 7.94. The van der Waals surface area contributed by atoms with Crippen LogP contribution in [0.25, 0.3) is 0 Å². The lowest BCUT2D eigenvalue weighted by Crippen LogP contribution is -2.38. The molecule has 166 valence electrons. The fourth-order valence-electron chi connectivity index (χ4n) is 3.69. The molecule has 2 aliphatic heterocycles. The molecule has 2 aromatic rings. The van der Waals surface area contributed by atoms with Gasteiger partial charge in [-0.3, -0.25) is 4.99 Å². The molecule has 0 radical (unpaired) electrons. The third-order valence-electron chi connectivity index (χ3n) is 5.53. The molecule has 2 aromatic carbocycles. The van der Waals surface area contributed by atoms with Crippen LogP contribution >= 0.6 is 0 Å².